The Bertz CT molecular complexity index is 303. The van der Waals surface area contributed by atoms with Crippen LogP contribution in [0.2, 0.25) is 0 Å². The summed E-state index contributed by atoms with van der Waals surface area (Å²) in [6.45, 7) is 3.65. The Morgan fingerprint density at radius 2 is 1.93 bits per heavy atom. The molecule has 0 radical (unpaired) electrons. The lowest BCUT2D eigenvalue weighted by Crippen LogP contribution is -2.08. The highest BCUT2D eigenvalue weighted by Gasteiger charge is 2.06. The van der Waals surface area contributed by atoms with Crippen molar-refractivity contribution < 1.29 is 5.11 Å². The molecular weight excluding hydrogens is 186 g/mol. The average molecular weight is 205 g/mol. The van der Waals surface area contributed by atoms with Crippen molar-refractivity contribution in [2.24, 2.45) is 0 Å². The second kappa shape index (κ2) is 5.56. The summed E-state index contributed by atoms with van der Waals surface area (Å²) in [4.78, 5) is 2.04. The zero-order chi connectivity index (χ0) is 11.3. The lowest BCUT2D eigenvalue weighted by Gasteiger charge is -2.14. The first-order valence-electron chi connectivity index (χ1n) is 5.21. The van der Waals surface area contributed by atoms with Crippen molar-refractivity contribution >= 4 is 5.69 Å². The van der Waals surface area contributed by atoms with Gasteiger partial charge in [-0.2, -0.15) is 0 Å². The van der Waals surface area contributed by atoms with E-state index in [1.54, 1.807) is 0 Å². The maximum Gasteiger partial charge on any atom is 0.0793 e. The lowest BCUT2D eigenvalue weighted by atomic mass is 10.0. The van der Waals surface area contributed by atoms with Crippen LogP contribution >= 0.6 is 0 Å². The highest BCUT2D eigenvalue weighted by atomic mass is 16.3. The first-order valence-corrected chi connectivity index (χ1v) is 5.21. The molecule has 0 saturated heterocycles. The fourth-order valence-corrected chi connectivity index (χ4v) is 1.44. The zero-order valence-corrected chi connectivity index (χ0v) is 9.48. The van der Waals surface area contributed by atoms with Crippen LogP contribution in [-0.4, -0.2) is 19.2 Å². The maximum absolute atomic E-state index is 9.82. The molecule has 1 aromatic rings. The van der Waals surface area contributed by atoms with Crippen LogP contribution < -0.4 is 4.90 Å². The van der Waals surface area contributed by atoms with Crippen LogP contribution in [0.25, 0.3) is 0 Å². The van der Waals surface area contributed by atoms with Crippen molar-refractivity contribution in [1.82, 2.24) is 0 Å². The largest absolute Gasteiger partial charge is 0.388 e. The summed E-state index contributed by atoms with van der Waals surface area (Å²) >= 11 is 0. The molecule has 15 heavy (non-hydrogen) atoms. The van der Waals surface area contributed by atoms with Gasteiger partial charge in [0.1, 0.15) is 0 Å². The quantitative estimate of drug-likeness (QED) is 0.747. The van der Waals surface area contributed by atoms with E-state index in [4.69, 9.17) is 0 Å². The van der Waals surface area contributed by atoms with Crippen LogP contribution in [-0.2, 0) is 0 Å². The normalized spacial score (nSPS) is 12.2. The van der Waals surface area contributed by atoms with E-state index in [0.717, 1.165) is 24.1 Å². The molecule has 2 heteroatoms. The highest BCUT2D eigenvalue weighted by Crippen LogP contribution is 2.21. The molecule has 0 aromatic heterocycles. The minimum atomic E-state index is -0.376. The molecule has 1 N–H and O–H groups in total. The number of aliphatic hydroxyl groups is 1. The van der Waals surface area contributed by atoms with Gasteiger partial charge in [0.15, 0.2) is 0 Å². The first kappa shape index (κ1) is 11.8. The molecule has 0 aliphatic rings. The highest BCUT2D eigenvalue weighted by molar-refractivity contribution is 5.46. The number of nitrogens with zero attached hydrogens (tertiary/aromatic N) is 1. The van der Waals surface area contributed by atoms with Gasteiger partial charge in [0.05, 0.1) is 6.10 Å². The molecule has 0 saturated carbocycles. The van der Waals surface area contributed by atoms with Crippen molar-refractivity contribution in [3.05, 3.63) is 42.5 Å². The van der Waals surface area contributed by atoms with Crippen molar-refractivity contribution in [2.75, 3.05) is 19.0 Å². The van der Waals surface area contributed by atoms with Gasteiger partial charge in [-0.25, -0.2) is 0 Å². The molecule has 0 heterocycles. The van der Waals surface area contributed by atoms with Gasteiger partial charge in [-0.1, -0.05) is 18.2 Å². The van der Waals surface area contributed by atoms with Crippen LogP contribution in [0.3, 0.4) is 0 Å². The summed E-state index contributed by atoms with van der Waals surface area (Å²) in [5.74, 6) is 0. The average Bonchev–Trinajstić information content (AvgIpc) is 2.26. The molecule has 0 amide bonds. The number of anilines is 1. The molecule has 0 fully saturated rings. The van der Waals surface area contributed by atoms with Crippen LogP contribution in [0.4, 0.5) is 5.69 Å². The molecule has 82 valence electrons. The summed E-state index contributed by atoms with van der Waals surface area (Å²) in [5.41, 5.74) is 2.12. The van der Waals surface area contributed by atoms with E-state index in [1.807, 2.05) is 49.3 Å². The molecule has 1 aromatic carbocycles. The van der Waals surface area contributed by atoms with Gasteiger partial charge in [0.2, 0.25) is 0 Å². The minimum absolute atomic E-state index is 0.376. The lowest BCUT2D eigenvalue weighted by molar-refractivity contribution is 0.169. The Balaban J connectivity index is 2.66. The van der Waals surface area contributed by atoms with Gasteiger partial charge >= 0.3 is 0 Å². The standard InChI is InChI=1S/C13H19NO/c1-4-5-6-13(15)11-7-9-12(10-8-11)14(2)3/h4,7-10,13,15H,1,5-6H2,2-3H3. The van der Waals surface area contributed by atoms with Gasteiger partial charge in [-0.3, -0.25) is 0 Å². The molecule has 0 aliphatic carbocycles. The Labute approximate surface area is 91.9 Å². The zero-order valence-electron chi connectivity index (χ0n) is 9.48. The summed E-state index contributed by atoms with van der Waals surface area (Å²) in [7, 11) is 4.01. The first-order chi connectivity index (χ1) is 7.15. The van der Waals surface area contributed by atoms with Crippen molar-refractivity contribution in [3.8, 4) is 0 Å². The molecule has 0 bridgehead atoms. The Kier molecular flexibility index (Phi) is 4.37. The summed E-state index contributed by atoms with van der Waals surface area (Å²) < 4.78 is 0. The number of hydrogen-bond donors (Lipinski definition) is 1. The van der Waals surface area contributed by atoms with Gasteiger partial charge < -0.3 is 10.0 Å². The fourth-order valence-electron chi connectivity index (χ4n) is 1.44. The molecule has 0 aliphatic heterocycles. The third kappa shape index (κ3) is 3.40. The van der Waals surface area contributed by atoms with E-state index in [9.17, 15) is 5.11 Å². The van der Waals surface area contributed by atoms with Gasteiger partial charge in [0.25, 0.3) is 0 Å². The Morgan fingerprint density at radius 3 is 2.40 bits per heavy atom. The predicted molar refractivity (Wildman–Crippen MR) is 65.2 cm³/mol. The molecule has 1 rings (SSSR count). The Hall–Kier alpha value is -1.28. The second-order valence-electron chi connectivity index (χ2n) is 3.87. The fraction of sp³-hybridized carbons (Fsp3) is 0.385. The molecule has 1 unspecified atom stereocenters. The SMILES string of the molecule is C=CCCC(O)c1ccc(N(C)C)cc1. The summed E-state index contributed by atoms with van der Waals surface area (Å²) in [5, 5.41) is 9.82. The van der Waals surface area contributed by atoms with Crippen LogP contribution in [0.1, 0.15) is 24.5 Å². The van der Waals surface area contributed by atoms with Gasteiger partial charge in [-0.05, 0) is 30.5 Å². The topological polar surface area (TPSA) is 23.5 Å². The van der Waals surface area contributed by atoms with Crippen LogP contribution in [0.5, 0.6) is 0 Å². The maximum atomic E-state index is 9.82. The van der Waals surface area contributed by atoms with E-state index in [1.165, 1.54) is 0 Å². The third-order valence-corrected chi connectivity index (χ3v) is 2.44. The predicted octanol–water partition coefficient (Wildman–Crippen LogP) is 2.75. The van der Waals surface area contributed by atoms with E-state index in [0.29, 0.717) is 0 Å². The Morgan fingerprint density at radius 1 is 1.33 bits per heavy atom. The number of hydrogen-bond acceptors (Lipinski definition) is 2. The summed E-state index contributed by atoms with van der Waals surface area (Å²) in [6.07, 6.45) is 3.04. The van der Waals surface area contributed by atoms with E-state index < -0.39 is 0 Å². The van der Waals surface area contributed by atoms with Gasteiger partial charge in [0, 0.05) is 19.8 Å². The molecule has 2 nitrogen and oxygen atoms in total. The van der Waals surface area contributed by atoms with Crippen LogP contribution in [0, 0.1) is 0 Å². The van der Waals surface area contributed by atoms with Crippen molar-refractivity contribution in [2.45, 2.75) is 18.9 Å². The van der Waals surface area contributed by atoms with Crippen LogP contribution in [0.15, 0.2) is 36.9 Å². The van der Waals surface area contributed by atoms with Crippen molar-refractivity contribution in [1.29, 1.82) is 0 Å². The van der Waals surface area contributed by atoms with E-state index in [2.05, 4.69) is 6.58 Å². The number of benzene rings is 1. The second-order valence-corrected chi connectivity index (χ2v) is 3.87. The minimum Gasteiger partial charge on any atom is -0.388 e. The van der Waals surface area contributed by atoms with E-state index >= 15 is 0 Å². The number of aliphatic hydroxyl groups excluding tert-OH is 1. The molecule has 0 spiro atoms. The van der Waals surface area contributed by atoms with Crippen molar-refractivity contribution in [3.63, 3.8) is 0 Å². The van der Waals surface area contributed by atoms with Gasteiger partial charge in [-0.15, -0.1) is 6.58 Å². The number of allylic oxidation sites excluding steroid dienone is 1. The molecule has 1 atom stereocenters. The van der Waals surface area contributed by atoms with E-state index in [-0.39, 0.29) is 6.10 Å². The summed E-state index contributed by atoms with van der Waals surface area (Å²) in [6, 6.07) is 7.99. The number of rotatable bonds is 5. The monoisotopic (exact) mass is 205 g/mol. The smallest absolute Gasteiger partial charge is 0.0793 e. The molecular formula is C13H19NO. The third-order valence-electron chi connectivity index (χ3n) is 2.44.